The molecule has 0 heterocycles. The standard InChI is InChI=1S/C18H18FN3/c1-13-5-3-4-6-16(13)11-18(21-12-20)22-14(2)15-7-9-17(19)10-8-15/h3-10,14H,11H2,1-2H3,(H,21,22)/t14-/m1/s1. The second-order valence-electron chi connectivity index (χ2n) is 5.18. The van der Waals surface area contributed by atoms with Gasteiger partial charge in [0.25, 0.3) is 0 Å². The summed E-state index contributed by atoms with van der Waals surface area (Å²) in [6.07, 6.45) is 2.40. The maximum absolute atomic E-state index is 13.0. The molecule has 0 amide bonds. The average Bonchev–Trinajstić information content (AvgIpc) is 2.50. The topological polar surface area (TPSA) is 48.2 Å². The normalized spacial score (nSPS) is 12.5. The van der Waals surface area contributed by atoms with E-state index in [0.717, 1.165) is 16.7 Å². The molecule has 1 N–H and O–H groups in total. The van der Waals surface area contributed by atoms with Gasteiger partial charge in [0.2, 0.25) is 6.19 Å². The van der Waals surface area contributed by atoms with E-state index in [2.05, 4.69) is 10.3 Å². The molecule has 0 spiro atoms. The molecule has 0 aromatic heterocycles. The average molecular weight is 295 g/mol. The van der Waals surface area contributed by atoms with Crippen LogP contribution in [-0.4, -0.2) is 5.84 Å². The van der Waals surface area contributed by atoms with Gasteiger partial charge in [0.1, 0.15) is 11.7 Å². The van der Waals surface area contributed by atoms with Crippen LogP contribution in [0.4, 0.5) is 4.39 Å². The van der Waals surface area contributed by atoms with Crippen LogP contribution < -0.4 is 5.32 Å². The lowest BCUT2D eigenvalue weighted by Gasteiger charge is -2.17. The van der Waals surface area contributed by atoms with Gasteiger partial charge in [-0.25, -0.2) is 4.39 Å². The minimum Gasteiger partial charge on any atom is -0.366 e. The molecular weight excluding hydrogens is 277 g/mol. The van der Waals surface area contributed by atoms with Crippen LogP contribution in [0.15, 0.2) is 53.5 Å². The molecule has 22 heavy (non-hydrogen) atoms. The number of benzene rings is 2. The van der Waals surface area contributed by atoms with Crippen LogP contribution in [0.1, 0.15) is 29.7 Å². The summed E-state index contributed by atoms with van der Waals surface area (Å²) in [4.78, 5) is 3.88. The van der Waals surface area contributed by atoms with Crippen molar-refractivity contribution in [3.63, 3.8) is 0 Å². The summed E-state index contributed by atoms with van der Waals surface area (Å²) in [5, 5.41) is 12.1. The molecule has 2 aromatic rings. The molecule has 2 aromatic carbocycles. The zero-order valence-corrected chi connectivity index (χ0v) is 12.7. The van der Waals surface area contributed by atoms with E-state index < -0.39 is 0 Å². The van der Waals surface area contributed by atoms with E-state index in [1.54, 1.807) is 12.1 Å². The van der Waals surface area contributed by atoms with Crippen LogP contribution >= 0.6 is 0 Å². The maximum Gasteiger partial charge on any atom is 0.207 e. The minimum atomic E-state index is -0.262. The molecule has 0 aliphatic carbocycles. The number of aliphatic imine (C=N–C) groups is 1. The molecular formula is C18H18FN3. The number of hydrogen-bond acceptors (Lipinski definition) is 2. The monoisotopic (exact) mass is 295 g/mol. The lowest BCUT2D eigenvalue weighted by atomic mass is 10.0. The van der Waals surface area contributed by atoms with Crippen molar-refractivity contribution >= 4 is 5.84 Å². The molecule has 1 atom stereocenters. The minimum absolute atomic E-state index is 0.0586. The van der Waals surface area contributed by atoms with Crippen LogP contribution in [0, 0.1) is 24.2 Å². The summed E-state index contributed by atoms with van der Waals surface area (Å²) in [6.45, 7) is 3.99. The largest absolute Gasteiger partial charge is 0.366 e. The van der Waals surface area contributed by atoms with Crippen LogP contribution in [0.3, 0.4) is 0 Å². The van der Waals surface area contributed by atoms with Crippen LogP contribution in [0.2, 0.25) is 0 Å². The zero-order valence-electron chi connectivity index (χ0n) is 12.7. The third-order valence-corrected chi connectivity index (χ3v) is 3.56. The molecule has 0 aliphatic rings. The first-order valence-electron chi connectivity index (χ1n) is 7.12. The van der Waals surface area contributed by atoms with Crippen molar-refractivity contribution in [2.45, 2.75) is 26.3 Å². The molecule has 112 valence electrons. The number of halogens is 1. The first-order valence-corrected chi connectivity index (χ1v) is 7.12. The Morgan fingerprint density at radius 1 is 1.23 bits per heavy atom. The van der Waals surface area contributed by atoms with Gasteiger partial charge in [-0.15, -0.1) is 0 Å². The molecule has 0 unspecified atom stereocenters. The number of rotatable bonds is 4. The Morgan fingerprint density at radius 2 is 1.91 bits per heavy atom. The Morgan fingerprint density at radius 3 is 2.55 bits per heavy atom. The first-order chi connectivity index (χ1) is 10.6. The van der Waals surface area contributed by atoms with Gasteiger partial charge in [-0.05, 0) is 42.7 Å². The van der Waals surface area contributed by atoms with E-state index in [-0.39, 0.29) is 11.9 Å². The lowest BCUT2D eigenvalue weighted by Crippen LogP contribution is -2.28. The third-order valence-electron chi connectivity index (χ3n) is 3.56. The van der Waals surface area contributed by atoms with Crippen molar-refractivity contribution in [2.24, 2.45) is 4.99 Å². The highest BCUT2D eigenvalue weighted by atomic mass is 19.1. The molecule has 0 saturated heterocycles. The Labute approximate surface area is 130 Å². The van der Waals surface area contributed by atoms with Gasteiger partial charge < -0.3 is 5.32 Å². The predicted octanol–water partition coefficient (Wildman–Crippen LogP) is 3.91. The van der Waals surface area contributed by atoms with Crippen molar-refractivity contribution in [2.75, 3.05) is 0 Å². The van der Waals surface area contributed by atoms with Gasteiger partial charge in [0.15, 0.2) is 0 Å². The van der Waals surface area contributed by atoms with Gasteiger partial charge >= 0.3 is 0 Å². The van der Waals surface area contributed by atoms with Gasteiger partial charge in [-0.1, -0.05) is 36.4 Å². The summed E-state index contributed by atoms with van der Waals surface area (Å²) in [7, 11) is 0. The molecule has 0 bridgehead atoms. The van der Waals surface area contributed by atoms with Crippen LogP contribution in [0.5, 0.6) is 0 Å². The van der Waals surface area contributed by atoms with Crippen molar-refractivity contribution in [1.29, 1.82) is 5.26 Å². The third kappa shape index (κ3) is 4.16. The SMILES string of the molecule is Cc1ccccc1C/C(=N\C#N)N[C@H](C)c1ccc(F)cc1. The van der Waals surface area contributed by atoms with E-state index in [1.807, 2.05) is 44.3 Å². The Bertz CT molecular complexity index is 699. The highest BCUT2D eigenvalue weighted by Crippen LogP contribution is 2.14. The number of amidine groups is 1. The molecule has 3 nitrogen and oxygen atoms in total. The number of nitrogens with zero attached hydrogens (tertiary/aromatic N) is 2. The Hall–Kier alpha value is -2.67. The second-order valence-corrected chi connectivity index (χ2v) is 5.18. The molecule has 2 rings (SSSR count). The molecule has 0 radical (unpaired) electrons. The van der Waals surface area contributed by atoms with Gasteiger partial charge in [-0.3, -0.25) is 0 Å². The zero-order chi connectivity index (χ0) is 15.9. The second kappa shape index (κ2) is 7.37. The maximum atomic E-state index is 13.0. The lowest BCUT2D eigenvalue weighted by molar-refractivity contribution is 0.624. The first kappa shape index (κ1) is 15.7. The highest BCUT2D eigenvalue weighted by Gasteiger charge is 2.10. The van der Waals surface area contributed by atoms with Crippen LogP contribution in [-0.2, 0) is 6.42 Å². The van der Waals surface area contributed by atoms with E-state index >= 15 is 0 Å². The highest BCUT2D eigenvalue weighted by molar-refractivity contribution is 5.85. The fraction of sp³-hybridized carbons (Fsp3) is 0.222. The molecule has 0 fully saturated rings. The van der Waals surface area contributed by atoms with E-state index in [0.29, 0.717) is 12.3 Å². The van der Waals surface area contributed by atoms with E-state index in [9.17, 15) is 4.39 Å². The number of nitrogens with one attached hydrogen (secondary N) is 1. The van der Waals surface area contributed by atoms with Crippen molar-refractivity contribution < 1.29 is 4.39 Å². The number of hydrogen-bond donors (Lipinski definition) is 1. The smallest absolute Gasteiger partial charge is 0.207 e. The Balaban J connectivity index is 2.13. The van der Waals surface area contributed by atoms with Gasteiger partial charge in [-0.2, -0.15) is 10.3 Å². The summed E-state index contributed by atoms with van der Waals surface area (Å²) in [6, 6.07) is 14.2. The summed E-state index contributed by atoms with van der Waals surface area (Å²) < 4.78 is 13.0. The van der Waals surface area contributed by atoms with Crippen molar-refractivity contribution in [3.05, 3.63) is 71.0 Å². The van der Waals surface area contributed by atoms with Crippen molar-refractivity contribution in [3.8, 4) is 6.19 Å². The Kier molecular flexibility index (Phi) is 5.26. The van der Waals surface area contributed by atoms with Crippen LogP contribution in [0.25, 0.3) is 0 Å². The fourth-order valence-corrected chi connectivity index (χ4v) is 2.26. The van der Waals surface area contributed by atoms with E-state index in [4.69, 9.17) is 5.26 Å². The molecule has 0 saturated carbocycles. The number of nitriles is 1. The fourth-order valence-electron chi connectivity index (χ4n) is 2.26. The van der Waals surface area contributed by atoms with Gasteiger partial charge in [0.05, 0.1) is 0 Å². The van der Waals surface area contributed by atoms with Crippen molar-refractivity contribution in [1.82, 2.24) is 5.32 Å². The molecule has 0 aliphatic heterocycles. The number of aryl methyl sites for hydroxylation is 1. The molecule has 4 heteroatoms. The summed E-state index contributed by atoms with van der Waals surface area (Å²) in [5.74, 6) is 0.343. The quantitative estimate of drug-likeness (QED) is 0.528. The summed E-state index contributed by atoms with van der Waals surface area (Å²) in [5.41, 5.74) is 3.22. The predicted molar refractivity (Wildman–Crippen MR) is 85.9 cm³/mol. The summed E-state index contributed by atoms with van der Waals surface area (Å²) >= 11 is 0. The van der Waals surface area contributed by atoms with E-state index in [1.165, 1.54) is 12.1 Å². The van der Waals surface area contributed by atoms with Gasteiger partial charge in [0, 0.05) is 12.5 Å².